The van der Waals surface area contributed by atoms with E-state index in [2.05, 4.69) is 108 Å². The van der Waals surface area contributed by atoms with Gasteiger partial charge in [0.1, 0.15) is 7.05 Å². The second-order valence-corrected chi connectivity index (χ2v) is 9.96. The van der Waals surface area contributed by atoms with E-state index in [0.29, 0.717) is 12.0 Å². The van der Waals surface area contributed by atoms with Gasteiger partial charge in [-0.05, 0) is 63.7 Å². The normalized spacial score (nSPS) is 14.6. The average Bonchev–Trinajstić information content (AvgIpc) is 2.98. The highest BCUT2D eigenvalue weighted by Crippen LogP contribution is 2.50. The summed E-state index contributed by atoms with van der Waals surface area (Å²) in [7, 11) is 2.11. The van der Waals surface area contributed by atoms with Gasteiger partial charge in [-0.1, -0.05) is 70.2 Å². The molecular weight excluding hydrogens is 374 g/mol. The molecule has 0 saturated heterocycles. The highest BCUT2D eigenvalue weighted by atomic mass is 14.9. The highest BCUT2D eigenvalue weighted by Gasteiger charge is 2.36. The van der Waals surface area contributed by atoms with Crippen molar-refractivity contribution in [2.45, 2.75) is 52.9 Å². The molecule has 0 amide bonds. The Hall–Kier alpha value is -2.93. The first-order chi connectivity index (χ1) is 15.1. The van der Waals surface area contributed by atoms with Crippen molar-refractivity contribution in [2.75, 3.05) is 0 Å². The van der Waals surface area contributed by atoms with Crippen LogP contribution in [-0.2, 0) is 12.5 Å². The Morgan fingerprint density at radius 3 is 2.35 bits per heavy atom. The molecule has 1 heterocycles. The number of benzene rings is 3. The number of hydrogen-bond acceptors (Lipinski definition) is 0. The van der Waals surface area contributed by atoms with Crippen molar-refractivity contribution in [3.05, 3.63) is 88.6 Å². The van der Waals surface area contributed by atoms with Gasteiger partial charge in [-0.2, -0.15) is 4.57 Å². The van der Waals surface area contributed by atoms with Gasteiger partial charge in [0.15, 0.2) is 5.69 Å². The van der Waals surface area contributed by atoms with Gasteiger partial charge in [0.2, 0.25) is 5.69 Å². The van der Waals surface area contributed by atoms with E-state index in [4.69, 9.17) is 1.37 Å². The number of pyridine rings is 1. The van der Waals surface area contributed by atoms with Crippen LogP contribution in [0.15, 0.2) is 60.6 Å². The van der Waals surface area contributed by atoms with E-state index in [1.165, 1.54) is 50.0 Å². The van der Waals surface area contributed by atoms with E-state index in [1.807, 2.05) is 0 Å². The van der Waals surface area contributed by atoms with E-state index >= 15 is 0 Å². The molecule has 0 fully saturated rings. The van der Waals surface area contributed by atoms with Crippen LogP contribution in [0.25, 0.3) is 33.2 Å². The molecule has 4 aromatic rings. The third-order valence-electron chi connectivity index (χ3n) is 7.30. The van der Waals surface area contributed by atoms with Crippen molar-refractivity contribution in [2.24, 2.45) is 7.05 Å². The zero-order valence-electron chi connectivity index (χ0n) is 20.7. The molecule has 3 aromatic carbocycles. The molecule has 1 heteroatoms. The minimum absolute atomic E-state index is 0.0315. The Labute approximate surface area is 187 Å². The van der Waals surface area contributed by atoms with Crippen molar-refractivity contribution in [3.63, 3.8) is 0 Å². The van der Waals surface area contributed by atoms with Crippen LogP contribution >= 0.6 is 0 Å². The summed E-state index contributed by atoms with van der Waals surface area (Å²) in [6, 6.07) is 20.9. The first-order valence-electron chi connectivity index (χ1n) is 11.8. The lowest BCUT2D eigenvalue weighted by atomic mass is 9.81. The largest absolute Gasteiger partial charge is 0.220 e. The third kappa shape index (κ3) is 2.86. The summed E-state index contributed by atoms with van der Waals surface area (Å²) in [6.07, 6.45) is 0. The maximum atomic E-state index is 8.77. The van der Waals surface area contributed by atoms with Crippen molar-refractivity contribution in [3.8, 4) is 22.4 Å². The molecule has 1 aliphatic rings. The summed E-state index contributed by atoms with van der Waals surface area (Å²) in [6.45, 7) is 13.4. The summed E-state index contributed by atoms with van der Waals surface area (Å²) in [4.78, 5) is 0. The average molecular weight is 408 g/mol. The van der Waals surface area contributed by atoms with E-state index in [-0.39, 0.29) is 5.41 Å². The number of rotatable bonds is 2. The molecule has 1 nitrogen and oxygen atoms in total. The zero-order chi connectivity index (χ0) is 22.9. The lowest BCUT2D eigenvalue weighted by Crippen LogP contribution is -2.35. The molecule has 0 bridgehead atoms. The van der Waals surface area contributed by atoms with Crippen LogP contribution in [0, 0.1) is 13.8 Å². The van der Waals surface area contributed by atoms with Crippen LogP contribution in [0.4, 0.5) is 0 Å². The van der Waals surface area contributed by atoms with E-state index in [1.54, 1.807) is 0 Å². The Kier molecular flexibility index (Phi) is 4.12. The first kappa shape index (κ1) is 18.8. The zero-order valence-corrected chi connectivity index (χ0v) is 19.7. The summed E-state index contributed by atoms with van der Waals surface area (Å²) < 4.78 is 11.0. The predicted molar refractivity (Wildman–Crippen MR) is 132 cm³/mol. The molecule has 0 unspecified atom stereocenters. The fraction of sp³-hybridized carbons (Fsp3) is 0.300. The third-order valence-corrected chi connectivity index (χ3v) is 7.30. The van der Waals surface area contributed by atoms with Gasteiger partial charge >= 0.3 is 0 Å². The second-order valence-electron chi connectivity index (χ2n) is 9.96. The predicted octanol–water partition coefficient (Wildman–Crippen LogP) is 7.38. The van der Waals surface area contributed by atoms with Gasteiger partial charge < -0.3 is 0 Å². The number of aromatic nitrogens is 1. The van der Waals surface area contributed by atoms with E-state index in [0.717, 1.165) is 11.1 Å². The molecule has 0 saturated carbocycles. The van der Waals surface area contributed by atoms with Crippen LogP contribution in [0.2, 0.25) is 0 Å². The molecule has 0 aliphatic heterocycles. The van der Waals surface area contributed by atoms with Crippen molar-refractivity contribution >= 4 is 10.8 Å². The number of fused-ring (bicyclic) bond motifs is 4. The van der Waals surface area contributed by atoms with Gasteiger partial charge in [-0.3, -0.25) is 0 Å². The summed E-state index contributed by atoms with van der Waals surface area (Å²) in [5, 5.41) is 2.20. The maximum Gasteiger partial charge on any atom is 0.220 e. The minimum Gasteiger partial charge on any atom is -0.198 e. The Balaban J connectivity index is 1.87. The lowest BCUT2D eigenvalue weighted by Gasteiger charge is -2.22. The van der Waals surface area contributed by atoms with Crippen LogP contribution in [0.1, 0.15) is 62.9 Å². The Morgan fingerprint density at radius 1 is 0.871 bits per heavy atom. The smallest absolute Gasteiger partial charge is 0.198 e. The molecule has 1 aliphatic carbocycles. The fourth-order valence-electron chi connectivity index (χ4n) is 5.29. The molecule has 31 heavy (non-hydrogen) atoms. The topological polar surface area (TPSA) is 3.88 Å². The first-order valence-corrected chi connectivity index (χ1v) is 11.3. The molecule has 0 spiro atoms. The summed E-state index contributed by atoms with van der Waals surface area (Å²) in [5.74, 6) is 0.447. The molecule has 0 atom stereocenters. The maximum absolute atomic E-state index is 8.77. The molecule has 5 rings (SSSR count). The van der Waals surface area contributed by atoms with Gasteiger partial charge in [0, 0.05) is 18.4 Å². The van der Waals surface area contributed by atoms with Crippen LogP contribution in [0.5, 0.6) is 0 Å². The number of hydrogen-bond donors (Lipinski definition) is 0. The Morgan fingerprint density at radius 2 is 1.61 bits per heavy atom. The van der Waals surface area contributed by atoms with E-state index < -0.39 is 0 Å². The summed E-state index contributed by atoms with van der Waals surface area (Å²) in [5.41, 5.74) is 11.5. The molecule has 0 radical (unpaired) electrons. The number of nitrogens with zero attached hydrogens (tertiary/aromatic N) is 1. The molecule has 156 valence electrons. The standard InChI is InChI=1S/C30H32N/c1-18(2)21-12-13-22-15-20(4)31(7)29(25(22)16-21)24-17-28-26(14-19(24)3)23-10-8-9-11-27(23)30(28,5)6/h8-18H,1-7H3/q+1/i15D. The van der Waals surface area contributed by atoms with E-state index in [9.17, 15) is 0 Å². The highest BCUT2D eigenvalue weighted by molar-refractivity contribution is 5.96. The quantitative estimate of drug-likeness (QED) is 0.305. The van der Waals surface area contributed by atoms with Gasteiger partial charge in [0.25, 0.3) is 0 Å². The van der Waals surface area contributed by atoms with Crippen molar-refractivity contribution in [1.29, 1.82) is 0 Å². The van der Waals surface area contributed by atoms with Crippen LogP contribution in [-0.4, -0.2) is 0 Å². The lowest BCUT2D eigenvalue weighted by molar-refractivity contribution is -0.665. The monoisotopic (exact) mass is 407 g/mol. The molecular formula is C30H32N+. The minimum atomic E-state index is -0.0315. The van der Waals surface area contributed by atoms with Crippen molar-refractivity contribution in [1.82, 2.24) is 0 Å². The van der Waals surface area contributed by atoms with Crippen molar-refractivity contribution < 1.29 is 5.94 Å². The van der Waals surface area contributed by atoms with Crippen LogP contribution in [0.3, 0.4) is 0 Å². The SMILES string of the molecule is [2H]c1c(C)[n+](C)c(-c2cc3c(cc2C)-c2ccccc2C3(C)C)c2cc(C(C)C)ccc12. The van der Waals surface area contributed by atoms with Crippen LogP contribution < -0.4 is 4.57 Å². The van der Waals surface area contributed by atoms with Gasteiger partial charge in [0.05, 0.1) is 12.3 Å². The second kappa shape index (κ2) is 6.79. The van der Waals surface area contributed by atoms with Gasteiger partial charge in [-0.25, -0.2) is 0 Å². The van der Waals surface area contributed by atoms with Gasteiger partial charge in [-0.15, -0.1) is 0 Å². The Bertz CT molecular complexity index is 1410. The molecule has 1 aromatic heterocycles. The number of aryl methyl sites for hydroxylation is 1. The summed E-state index contributed by atoms with van der Waals surface area (Å²) >= 11 is 0. The molecule has 0 N–H and O–H groups in total. The fourth-order valence-corrected chi connectivity index (χ4v) is 5.29.